The van der Waals surface area contributed by atoms with Crippen molar-refractivity contribution in [1.82, 2.24) is 9.97 Å². The predicted octanol–water partition coefficient (Wildman–Crippen LogP) is 3.22. The van der Waals surface area contributed by atoms with E-state index in [1.807, 2.05) is 18.2 Å². The van der Waals surface area contributed by atoms with Gasteiger partial charge in [0.1, 0.15) is 17.3 Å². The number of carboxylic acid groups (broad SMARTS) is 1. The molecule has 0 atom stereocenters. The van der Waals surface area contributed by atoms with Gasteiger partial charge in [0, 0.05) is 5.56 Å². The number of methoxy groups -OCH3 is 1. The van der Waals surface area contributed by atoms with E-state index in [9.17, 15) is 9.90 Å². The second kappa shape index (κ2) is 5.36. The maximum Gasteiger partial charge on any atom is 0.354 e. The van der Waals surface area contributed by atoms with E-state index in [1.165, 1.54) is 0 Å². The number of H-pyrrole nitrogens is 1. The van der Waals surface area contributed by atoms with Gasteiger partial charge in [0.05, 0.1) is 7.11 Å². The van der Waals surface area contributed by atoms with Gasteiger partial charge in [-0.2, -0.15) is 0 Å². The van der Waals surface area contributed by atoms with E-state index in [-0.39, 0.29) is 5.69 Å². The maximum atomic E-state index is 11.3. The standard InChI is InChI=1S/C15H18N2O3/c1-8(2)10-5-6-12(20-4)11(7-10)13-14(15(18)19)17-9(3)16-13/h5-8H,1-4H3,(H,16,17)(H,18,19). The number of benzene rings is 1. The molecule has 106 valence electrons. The summed E-state index contributed by atoms with van der Waals surface area (Å²) < 4.78 is 5.33. The lowest BCUT2D eigenvalue weighted by Gasteiger charge is -2.12. The molecule has 0 unspecified atom stereocenters. The van der Waals surface area contributed by atoms with E-state index in [2.05, 4.69) is 23.8 Å². The van der Waals surface area contributed by atoms with Crippen molar-refractivity contribution in [2.24, 2.45) is 0 Å². The molecule has 1 aromatic carbocycles. The zero-order valence-corrected chi connectivity index (χ0v) is 12.0. The molecule has 0 fully saturated rings. The van der Waals surface area contributed by atoms with Gasteiger partial charge in [-0.25, -0.2) is 9.78 Å². The van der Waals surface area contributed by atoms with Crippen LogP contribution in [0.3, 0.4) is 0 Å². The third-order valence-electron chi connectivity index (χ3n) is 3.18. The Balaban J connectivity index is 2.67. The topological polar surface area (TPSA) is 75.2 Å². The number of aromatic nitrogens is 2. The first-order valence-electron chi connectivity index (χ1n) is 6.42. The van der Waals surface area contributed by atoms with Crippen LogP contribution >= 0.6 is 0 Å². The van der Waals surface area contributed by atoms with Gasteiger partial charge in [0.25, 0.3) is 0 Å². The highest BCUT2D eigenvalue weighted by atomic mass is 16.5. The quantitative estimate of drug-likeness (QED) is 0.897. The van der Waals surface area contributed by atoms with Crippen LogP contribution in [0.2, 0.25) is 0 Å². The van der Waals surface area contributed by atoms with Crippen molar-refractivity contribution in [2.75, 3.05) is 7.11 Å². The first kappa shape index (κ1) is 14.1. The fourth-order valence-electron chi connectivity index (χ4n) is 2.11. The summed E-state index contributed by atoms with van der Waals surface area (Å²) in [5.74, 6) is 0.489. The SMILES string of the molecule is COc1ccc(C(C)C)cc1-c1nc(C)[nH]c1C(=O)O. The Morgan fingerprint density at radius 2 is 2.10 bits per heavy atom. The van der Waals surface area contributed by atoms with Crippen molar-refractivity contribution >= 4 is 5.97 Å². The third-order valence-corrected chi connectivity index (χ3v) is 3.18. The highest BCUT2D eigenvalue weighted by Gasteiger charge is 2.20. The summed E-state index contributed by atoms with van der Waals surface area (Å²) in [5, 5.41) is 9.27. The Morgan fingerprint density at radius 1 is 1.40 bits per heavy atom. The lowest BCUT2D eigenvalue weighted by molar-refractivity contribution is 0.0692. The van der Waals surface area contributed by atoms with E-state index in [1.54, 1.807) is 14.0 Å². The minimum atomic E-state index is -1.03. The molecule has 0 aliphatic heterocycles. The summed E-state index contributed by atoms with van der Waals surface area (Å²) in [4.78, 5) is 18.4. The Hall–Kier alpha value is -2.30. The molecule has 2 N–H and O–H groups in total. The summed E-state index contributed by atoms with van der Waals surface area (Å²) in [7, 11) is 1.56. The van der Waals surface area contributed by atoms with E-state index >= 15 is 0 Å². The predicted molar refractivity (Wildman–Crippen MR) is 76.4 cm³/mol. The molecule has 0 amide bonds. The van der Waals surface area contributed by atoms with Gasteiger partial charge < -0.3 is 14.8 Å². The normalized spacial score (nSPS) is 10.8. The highest BCUT2D eigenvalue weighted by molar-refractivity contribution is 5.94. The second-order valence-corrected chi connectivity index (χ2v) is 4.97. The molecule has 0 radical (unpaired) electrons. The Kier molecular flexibility index (Phi) is 3.79. The van der Waals surface area contributed by atoms with Gasteiger partial charge in [-0.15, -0.1) is 0 Å². The van der Waals surface area contributed by atoms with Gasteiger partial charge in [-0.1, -0.05) is 19.9 Å². The van der Waals surface area contributed by atoms with Gasteiger partial charge in [-0.3, -0.25) is 0 Å². The van der Waals surface area contributed by atoms with Gasteiger partial charge in [0.15, 0.2) is 5.69 Å². The average Bonchev–Trinajstić information content (AvgIpc) is 2.80. The molecule has 0 saturated carbocycles. The number of carboxylic acids is 1. The summed E-state index contributed by atoms with van der Waals surface area (Å²) in [6, 6.07) is 5.76. The molecule has 1 heterocycles. The number of hydrogen-bond donors (Lipinski definition) is 2. The van der Waals surface area contributed by atoms with Gasteiger partial charge in [0.2, 0.25) is 0 Å². The molecule has 0 aliphatic carbocycles. The summed E-state index contributed by atoms with van der Waals surface area (Å²) in [6.07, 6.45) is 0. The molecule has 0 bridgehead atoms. The Labute approximate surface area is 117 Å². The lowest BCUT2D eigenvalue weighted by Crippen LogP contribution is -2.01. The third kappa shape index (κ3) is 2.52. The van der Waals surface area contributed by atoms with E-state index in [4.69, 9.17) is 4.74 Å². The smallest absolute Gasteiger partial charge is 0.354 e. The molecule has 5 heteroatoms. The number of imidazole rings is 1. The summed E-state index contributed by atoms with van der Waals surface area (Å²) in [6.45, 7) is 5.90. The van der Waals surface area contributed by atoms with E-state index < -0.39 is 5.97 Å². The van der Waals surface area contributed by atoms with Crippen LogP contribution in [-0.2, 0) is 0 Å². The van der Waals surface area contributed by atoms with Crippen molar-refractivity contribution in [3.63, 3.8) is 0 Å². The molecule has 0 aliphatic rings. The van der Waals surface area contributed by atoms with Gasteiger partial charge in [-0.05, 0) is 30.5 Å². The molecule has 1 aromatic heterocycles. The molecule has 2 aromatic rings. The van der Waals surface area contributed by atoms with Crippen molar-refractivity contribution < 1.29 is 14.6 Å². The van der Waals surface area contributed by atoms with Crippen molar-refractivity contribution in [1.29, 1.82) is 0 Å². The number of nitrogens with one attached hydrogen (secondary N) is 1. The zero-order chi connectivity index (χ0) is 14.9. The number of carbonyl (C=O) groups is 1. The van der Waals surface area contributed by atoms with Crippen molar-refractivity contribution in [3.8, 4) is 17.0 Å². The summed E-state index contributed by atoms with van der Waals surface area (Å²) in [5.41, 5.74) is 2.30. The maximum absolute atomic E-state index is 11.3. The second-order valence-electron chi connectivity index (χ2n) is 4.97. The largest absolute Gasteiger partial charge is 0.496 e. The van der Waals surface area contributed by atoms with Crippen LogP contribution < -0.4 is 4.74 Å². The molecule has 0 saturated heterocycles. The average molecular weight is 274 g/mol. The minimum Gasteiger partial charge on any atom is -0.496 e. The van der Waals surface area contributed by atoms with Crippen LogP contribution in [0.25, 0.3) is 11.3 Å². The fraction of sp³-hybridized carbons (Fsp3) is 0.333. The van der Waals surface area contributed by atoms with Gasteiger partial charge >= 0.3 is 5.97 Å². The van der Waals surface area contributed by atoms with Crippen LogP contribution in [0.1, 0.15) is 41.6 Å². The van der Waals surface area contributed by atoms with Crippen molar-refractivity contribution in [3.05, 3.63) is 35.3 Å². The fourth-order valence-corrected chi connectivity index (χ4v) is 2.11. The van der Waals surface area contributed by atoms with Crippen LogP contribution in [0, 0.1) is 6.92 Å². The number of hydrogen-bond acceptors (Lipinski definition) is 3. The van der Waals surface area contributed by atoms with E-state index in [0.717, 1.165) is 5.56 Å². The Bertz CT molecular complexity index is 645. The molecular weight excluding hydrogens is 256 g/mol. The number of ether oxygens (including phenoxy) is 1. The van der Waals surface area contributed by atoms with E-state index in [0.29, 0.717) is 28.7 Å². The minimum absolute atomic E-state index is 0.0849. The first-order valence-corrected chi connectivity index (χ1v) is 6.42. The molecule has 5 nitrogen and oxygen atoms in total. The Morgan fingerprint density at radius 3 is 2.65 bits per heavy atom. The summed E-state index contributed by atoms with van der Waals surface area (Å²) >= 11 is 0. The van der Waals surface area contributed by atoms with Crippen LogP contribution in [0.4, 0.5) is 0 Å². The highest BCUT2D eigenvalue weighted by Crippen LogP contribution is 2.33. The number of aromatic amines is 1. The molecule has 0 spiro atoms. The number of aryl methyl sites for hydroxylation is 1. The van der Waals surface area contributed by atoms with Crippen molar-refractivity contribution in [2.45, 2.75) is 26.7 Å². The van der Waals surface area contributed by atoms with Crippen LogP contribution in [-0.4, -0.2) is 28.2 Å². The molecular formula is C15H18N2O3. The molecule has 2 rings (SSSR count). The van der Waals surface area contributed by atoms with Crippen LogP contribution in [0.5, 0.6) is 5.75 Å². The van der Waals surface area contributed by atoms with Crippen LogP contribution in [0.15, 0.2) is 18.2 Å². The first-order chi connectivity index (χ1) is 9.43. The number of nitrogens with zero attached hydrogens (tertiary/aromatic N) is 1. The molecule has 20 heavy (non-hydrogen) atoms. The lowest BCUT2D eigenvalue weighted by atomic mass is 9.98. The zero-order valence-electron chi connectivity index (χ0n) is 12.0. The monoisotopic (exact) mass is 274 g/mol. The number of aromatic carboxylic acids is 1. The number of rotatable bonds is 4.